The number of thiazole rings is 1. The normalized spacial score (nSPS) is 14.0. The highest BCUT2D eigenvalue weighted by molar-refractivity contribution is 7.99. The van der Waals surface area contributed by atoms with E-state index < -0.39 is 0 Å². The molecule has 0 unspecified atom stereocenters. The molecule has 0 saturated carbocycles. The Balaban J connectivity index is 2.00. The second-order valence-electron chi connectivity index (χ2n) is 3.90. The number of aromatic nitrogens is 1. The Bertz CT molecular complexity index is 578. The minimum atomic E-state index is 0.222. The summed E-state index contributed by atoms with van der Waals surface area (Å²) in [7, 11) is 0. The van der Waals surface area contributed by atoms with Gasteiger partial charge in [-0.3, -0.25) is 4.79 Å². The molecule has 5 heteroatoms. The number of anilines is 1. The number of nitrogen functional groups attached to an aromatic ring is 1. The zero-order valence-corrected chi connectivity index (χ0v) is 10.6. The second kappa shape index (κ2) is 4.16. The fourth-order valence-corrected chi connectivity index (χ4v) is 3.47. The van der Waals surface area contributed by atoms with E-state index in [-0.39, 0.29) is 5.78 Å². The van der Waals surface area contributed by atoms with Crippen molar-refractivity contribution in [2.24, 2.45) is 0 Å². The molecule has 1 aromatic carbocycles. The topological polar surface area (TPSA) is 56.0 Å². The zero-order valence-electron chi connectivity index (χ0n) is 8.97. The van der Waals surface area contributed by atoms with Crippen molar-refractivity contribution in [1.82, 2.24) is 4.98 Å². The first-order valence-corrected chi connectivity index (χ1v) is 7.01. The predicted molar refractivity (Wildman–Crippen MR) is 69.7 cm³/mol. The third-order valence-electron chi connectivity index (χ3n) is 2.78. The van der Waals surface area contributed by atoms with Crippen LogP contribution in [0, 0.1) is 0 Å². The number of nitrogens with zero attached hydrogens (tertiary/aromatic N) is 1. The lowest BCUT2D eigenvalue weighted by molar-refractivity contribution is 0.0994. The Labute approximate surface area is 107 Å². The molecule has 0 atom stereocenters. The van der Waals surface area contributed by atoms with Gasteiger partial charge >= 0.3 is 0 Å². The van der Waals surface area contributed by atoms with Crippen molar-refractivity contribution < 1.29 is 4.79 Å². The van der Waals surface area contributed by atoms with Crippen molar-refractivity contribution in [3.8, 4) is 0 Å². The third-order valence-corrected chi connectivity index (χ3v) is 4.52. The van der Waals surface area contributed by atoms with E-state index in [1.807, 2.05) is 17.5 Å². The van der Waals surface area contributed by atoms with Crippen LogP contribution in [0.15, 0.2) is 32.9 Å². The van der Waals surface area contributed by atoms with Gasteiger partial charge in [-0.05, 0) is 24.1 Å². The Kier molecular flexibility index (Phi) is 2.64. The summed E-state index contributed by atoms with van der Waals surface area (Å²) >= 11 is 3.06. The summed E-state index contributed by atoms with van der Waals surface area (Å²) in [6.45, 7) is 0. The standard InChI is InChI=1S/C12H10N2OS2/c13-9-3-7-1-2-10(15)8(7)4-11(9)17-12-5-16-6-14-12/h3-6H,1-2,13H2. The number of hydrogen-bond acceptors (Lipinski definition) is 5. The van der Waals surface area contributed by atoms with Crippen LogP contribution >= 0.6 is 23.1 Å². The quantitative estimate of drug-likeness (QED) is 0.845. The lowest BCUT2D eigenvalue weighted by Gasteiger charge is -2.06. The van der Waals surface area contributed by atoms with Gasteiger partial charge < -0.3 is 5.73 Å². The fraction of sp³-hybridized carbons (Fsp3) is 0.167. The van der Waals surface area contributed by atoms with E-state index in [0.717, 1.165) is 33.2 Å². The molecule has 1 aliphatic carbocycles. The summed E-state index contributed by atoms with van der Waals surface area (Å²) < 4.78 is 0. The second-order valence-corrected chi connectivity index (χ2v) is 5.68. The van der Waals surface area contributed by atoms with E-state index in [9.17, 15) is 4.79 Å². The first-order chi connectivity index (χ1) is 8.24. The number of hydrogen-bond donors (Lipinski definition) is 1. The maximum Gasteiger partial charge on any atom is 0.163 e. The molecule has 3 rings (SSSR count). The van der Waals surface area contributed by atoms with Gasteiger partial charge in [0.1, 0.15) is 5.03 Å². The minimum absolute atomic E-state index is 0.222. The average molecular weight is 262 g/mol. The molecule has 1 heterocycles. The Hall–Kier alpha value is -1.33. The van der Waals surface area contributed by atoms with Gasteiger partial charge in [-0.2, -0.15) is 0 Å². The predicted octanol–water partition coefficient (Wildman–Crippen LogP) is 3.01. The van der Waals surface area contributed by atoms with Crippen LogP contribution in [0.2, 0.25) is 0 Å². The number of aryl methyl sites for hydroxylation is 1. The van der Waals surface area contributed by atoms with E-state index in [1.54, 1.807) is 16.8 Å². The summed E-state index contributed by atoms with van der Waals surface area (Å²) in [6, 6.07) is 3.83. The molecule has 1 aliphatic rings. The lowest BCUT2D eigenvalue weighted by atomic mass is 10.1. The molecule has 3 nitrogen and oxygen atoms in total. The van der Waals surface area contributed by atoms with Crippen LogP contribution in [0.5, 0.6) is 0 Å². The molecule has 2 N–H and O–H groups in total. The monoisotopic (exact) mass is 262 g/mol. The molecule has 0 fully saturated rings. The maximum atomic E-state index is 11.7. The summed E-state index contributed by atoms with van der Waals surface area (Å²) in [5.41, 5.74) is 10.4. The van der Waals surface area contributed by atoms with E-state index in [0.29, 0.717) is 6.42 Å². The first kappa shape index (κ1) is 10.8. The number of carbonyl (C=O) groups excluding carboxylic acids is 1. The first-order valence-electron chi connectivity index (χ1n) is 5.25. The highest BCUT2D eigenvalue weighted by atomic mass is 32.2. The van der Waals surface area contributed by atoms with E-state index >= 15 is 0 Å². The van der Waals surface area contributed by atoms with Gasteiger partial charge in [0.25, 0.3) is 0 Å². The average Bonchev–Trinajstić information content (AvgIpc) is 2.92. The van der Waals surface area contributed by atoms with Crippen molar-refractivity contribution in [2.45, 2.75) is 22.8 Å². The van der Waals surface area contributed by atoms with Gasteiger partial charge in [-0.15, -0.1) is 11.3 Å². The van der Waals surface area contributed by atoms with Crippen LogP contribution in [0.3, 0.4) is 0 Å². The van der Waals surface area contributed by atoms with E-state index in [2.05, 4.69) is 4.98 Å². The van der Waals surface area contributed by atoms with E-state index in [1.165, 1.54) is 11.8 Å². The molecule has 0 spiro atoms. The SMILES string of the molecule is Nc1cc2c(cc1Sc1cscn1)C(=O)CC2. The maximum absolute atomic E-state index is 11.7. The fourth-order valence-electron chi connectivity index (χ4n) is 1.95. The van der Waals surface area contributed by atoms with Gasteiger partial charge in [-0.25, -0.2) is 4.98 Å². The van der Waals surface area contributed by atoms with E-state index in [4.69, 9.17) is 5.73 Å². The molecule has 0 aliphatic heterocycles. The summed E-state index contributed by atoms with van der Waals surface area (Å²) in [6.07, 6.45) is 1.43. The molecular weight excluding hydrogens is 252 g/mol. The molecule has 0 saturated heterocycles. The Morgan fingerprint density at radius 3 is 3.00 bits per heavy atom. The van der Waals surface area contributed by atoms with Crippen LogP contribution in [-0.2, 0) is 6.42 Å². The minimum Gasteiger partial charge on any atom is -0.398 e. The number of nitrogens with two attached hydrogens (primary N) is 1. The number of carbonyl (C=O) groups is 1. The highest BCUT2D eigenvalue weighted by Crippen LogP contribution is 2.36. The van der Waals surface area contributed by atoms with Crippen LogP contribution in [0.4, 0.5) is 5.69 Å². The number of Topliss-reactive ketones (excluding diaryl/α,β-unsaturated/α-hetero) is 1. The largest absolute Gasteiger partial charge is 0.398 e. The summed E-state index contributed by atoms with van der Waals surface area (Å²) in [4.78, 5) is 16.8. The van der Waals surface area contributed by atoms with Crippen molar-refractivity contribution in [3.63, 3.8) is 0 Å². The van der Waals surface area contributed by atoms with Crippen molar-refractivity contribution in [3.05, 3.63) is 34.2 Å². The molecule has 1 aromatic heterocycles. The van der Waals surface area contributed by atoms with Crippen LogP contribution in [-0.4, -0.2) is 10.8 Å². The van der Waals surface area contributed by atoms with Gasteiger partial charge in [0.2, 0.25) is 0 Å². The van der Waals surface area contributed by atoms with Crippen LogP contribution in [0.25, 0.3) is 0 Å². The zero-order chi connectivity index (χ0) is 11.8. The summed E-state index contributed by atoms with van der Waals surface area (Å²) in [5.74, 6) is 0.222. The number of ketones is 1. The molecular formula is C12H10N2OS2. The van der Waals surface area contributed by atoms with Crippen LogP contribution in [0.1, 0.15) is 22.3 Å². The number of benzene rings is 1. The molecule has 0 bridgehead atoms. The third kappa shape index (κ3) is 1.96. The van der Waals surface area contributed by atoms with Gasteiger partial charge in [-0.1, -0.05) is 11.8 Å². The molecule has 0 radical (unpaired) electrons. The van der Waals surface area contributed by atoms with Gasteiger partial charge in [0.15, 0.2) is 5.78 Å². The van der Waals surface area contributed by atoms with Crippen molar-refractivity contribution >= 4 is 34.6 Å². The number of fused-ring (bicyclic) bond motifs is 1. The summed E-state index contributed by atoms with van der Waals surface area (Å²) in [5, 5.41) is 2.89. The Morgan fingerprint density at radius 1 is 1.35 bits per heavy atom. The highest BCUT2D eigenvalue weighted by Gasteiger charge is 2.21. The lowest BCUT2D eigenvalue weighted by Crippen LogP contribution is -1.95. The molecule has 2 aromatic rings. The molecule has 0 amide bonds. The van der Waals surface area contributed by atoms with Crippen molar-refractivity contribution in [1.29, 1.82) is 0 Å². The molecule has 17 heavy (non-hydrogen) atoms. The van der Waals surface area contributed by atoms with Gasteiger partial charge in [0.05, 0.1) is 5.51 Å². The Morgan fingerprint density at radius 2 is 2.24 bits per heavy atom. The molecule has 86 valence electrons. The van der Waals surface area contributed by atoms with Crippen LogP contribution < -0.4 is 5.73 Å². The smallest absolute Gasteiger partial charge is 0.163 e. The van der Waals surface area contributed by atoms with Crippen molar-refractivity contribution in [2.75, 3.05) is 5.73 Å². The number of rotatable bonds is 2. The van der Waals surface area contributed by atoms with Gasteiger partial charge in [0, 0.05) is 27.9 Å².